The van der Waals surface area contributed by atoms with Crippen molar-refractivity contribution in [1.29, 1.82) is 5.26 Å². The fourth-order valence-electron chi connectivity index (χ4n) is 1.13. The molecule has 0 N–H and O–H groups in total. The van der Waals surface area contributed by atoms with E-state index < -0.39 is 5.82 Å². The Morgan fingerprint density at radius 2 is 2.06 bits per heavy atom. The van der Waals surface area contributed by atoms with Crippen molar-refractivity contribution in [1.82, 2.24) is 9.97 Å². The van der Waals surface area contributed by atoms with Crippen LogP contribution in [0, 0.1) is 17.1 Å². The Hall–Kier alpha value is -2.19. The van der Waals surface area contributed by atoms with Crippen LogP contribution in [-0.2, 0) is 0 Å². The van der Waals surface area contributed by atoms with Gasteiger partial charge >= 0.3 is 0 Å². The number of halogens is 2. The van der Waals surface area contributed by atoms with Crippen LogP contribution in [0.15, 0.2) is 30.6 Å². The first-order chi connectivity index (χ1) is 8.20. The highest BCUT2D eigenvalue weighted by Crippen LogP contribution is 2.25. The van der Waals surface area contributed by atoms with Gasteiger partial charge in [0, 0.05) is 18.5 Å². The summed E-state index contributed by atoms with van der Waals surface area (Å²) in [5, 5.41) is 8.71. The van der Waals surface area contributed by atoms with Gasteiger partial charge < -0.3 is 4.74 Å². The first-order valence-electron chi connectivity index (χ1n) is 4.54. The van der Waals surface area contributed by atoms with Crippen molar-refractivity contribution in [2.24, 2.45) is 0 Å². The Morgan fingerprint density at radius 1 is 1.29 bits per heavy atom. The summed E-state index contributed by atoms with van der Waals surface area (Å²) in [5.74, 6) is -0.204. The van der Waals surface area contributed by atoms with Gasteiger partial charge in [-0.25, -0.2) is 14.4 Å². The highest BCUT2D eigenvalue weighted by atomic mass is 35.5. The quantitative estimate of drug-likeness (QED) is 0.821. The molecule has 1 aromatic carbocycles. The maximum Gasteiger partial charge on any atom is 0.256 e. The zero-order valence-electron chi connectivity index (χ0n) is 8.39. The summed E-state index contributed by atoms with van der Waals surface area (Å²) in [5.41, 5.74) is 0.0490. The molecule has 84 valence electrons. The molecule has 0 fully saturated rings. The van der Waals surface area contributed by atoms with Crippen molar-refractivity contribution in [2.75, 3.05) is 0 Å². The molecule has 0 radical (unpaired) electrons. The molecular weight excluding hydrogens is 245 g/mol. The van der Waals surface area contributed by atoms with Gasteiger partial charge in [-0.2, -0.15) is 5.26 Å². The van der Waals surface area contributed by atoms with Crippen molar-refractivity contribution < 1.29 is 9.13 Å². The van der Waals surface area contributed by atoms with Crippen LogP contribution in [0.2, 0.25) is 5.02 Å². The summed E-state index contributed by atoms with van der Waals surface area (Å²) in [7, 11) is 0. The molecule has 0 saturated heterocycles. The predicted octanol–water partition coefficient (Wildman–Crippen LogP) is 2.93. The summed E-state index contributed by atoms with van der Waals surface area (Å²) in [6.07, 6.45) is 2.77. The van der Waals surface area contributed by atoms with E-state index in [9.17, 15) is 4.39 Å². The molecular formula is C11H5ClFN3O. The van der Waals surface area contributed by atoms with Crippen LogP contribution in [0.5, 0.6) is 11.6 Å². The summed E-state index contributed by atoms with van der Waals surface area (Å²) in [6.45, 7) is 0. The molecule has 0 bridgehead atoms. The maximum atomic E-state index is 12.9. The van der Waals surface area contributed by atoms with E-state index in [4.69, 9.17) is 21.6 Å². The predicted molar refractivity (Wildman–Crippen MR) is 58.2 cm³/mol. The first-order valence-corrected chi connectivity index (χ1v) is 4.92. The lowest BCUT2D eigenvalue weighted by atomic mass is 10.3. The number of nitrogens with zero attached hydrogens (tertiary/aromatic N) is 3. The van der Waals surface area contributed by atoms with Crippen LogP contribution in [-0.4, -0.2) is 9.97 Å². The van der Waals surface area contributed by atoms with Gasteiger partial charge in [0.25, 0.3) is 5.88 Å². The van der Waals surface area contributed by atoms with E-state index in [1.54, 1.807) is 0 Å². The molecule has 2 aromatic rings. The molecule has 0 saturated carbocycles. The molecule has 4 nitrogen and oxygen atoms in total. The van der Waals surface area contributed by atoms with Crippen molar-refractivity contribution in [3.63, 3.8) is 0 Å². The number of nitriles is 1. The monoisotopic (exact) mass is 249 g/mol. The van der Waals surface area contributed by atoms with Gasteiger partial charge in [0.2, 0.25) is 5.69 Å². The van der Waals surface area contributed by atoms with Gasteiger partial charge in [-0.1, -0.05) is 11.6 Å². The summed E-state index contributed by atoms with van der Waals surface area (Å²) in [4.78, 5) is 7.63. The normalized spacial score (nSPS) is 9.71. The highest BCUT2D eigenvalue weighted by molar-refractivity contribution is 6.30. The second-order valence-electron chi connectivity index (χ2n) is 3.00. The van der Waals surface area contributed by atoms with E-state index in [0.717, 1.165) is 0 Å². The van der Waals surface area contributed by atoms with Crippen molar-refractivity contribution in [3.8, 4) is 17.7 Å². The van der Waals surface area contributed by atoms with Crippen LogP contribution in [0.1, 0.15) is 5.69 Å². The third-order valence-corrected chi connectivity index (χ3v) is 2.17. The zero-order chi connectivity index (χ0) is 12.3. The van der Waals surface area contributed by atoms with E-state index in [1.165, 1.54) is 30.6 Å². The van der Waals surface area contributed by atoms with Crippen molar-refractivity contribution >= 4 is 11.6 Å². The molecule has 1 aromatic heterocycles. The minimum atomic E-state index is -0.543. The number of rotatable bonds is 2. The highest BCUT2D eigenvalue weighted by Gasteiger charge is 2.08. The molecule has 0 aliphatic rings. The zero-order valence-corrected chi connectivity index (χ0v) is 9.15. The Bertz CT molecular complexity index is 598. The lowest BCUT2D eigenvalue weighted by Crippen LogP contribution is -1.94. The second kappa shape index (κ2) is 4.76. The number of hydrogen-bond donors (Lipinski definition) is 0. The number of aromatic nitrogens is 2. The van der Waals surface area contributed by atoms with Gasteiger partial charge in [-0.3, -0.25) is 0 Å². The van der Waals surface area contributed by atoms with Crippen LogP contribution >= 0.6 is 11.6 Å². The number of ether oxygens (including phenoxy) is 1. The van der Waals surface area contributed by atoms with Gasteiger partial charge in [-0.05, 0) is 12.1 Å². The molecule has 0 aliphatic carbocycles. The standard InChI is InChI=1S/C11H5ClFN3O/c12-8-5-7(1-2-9(8)13)17-11-10(6-14)15-3-4-16-11/h1-5H. The smallest absolute Gasteiger partial charge is 0.256 e. The molecule has 0 amide bonds. The Balaban J connectivity index is 2.32. The van der Waals surface area contributed by atoms with Crippen LogP contribution in [0.3, 0.4) is 0 Å². The molecule has 0 unspecified atom stereocenters. The topological polar surface area (TPSA) is 58.8 Å². The Labute approximate surface area is 101 Å². The van der Waals surface area contributed by atoms with Crippen LogP contribution in [0.4, 0.5) is 4.39 Å². The second-order valence-corrected chi connectivity index (χ2v) is 3.41. The molecule has 1 heterocycles. The van der Waals surface area contributed by atoms with E-state index in [-0.39, 0.29) is 22.3 Å². The van der Waals surface area contributed by atoms with E-state index in [1.807, 2.05) is 6.07 Å². The Kier molecular flexibility index (Phi) is 3.17. The van der Waals surface area contributed by atoms with E-state index in [2.05, 4.69) is 9.97 Å². The minimum Gasteiger partial charge on any atom is -0.436 e. The van der Waals surface area contributed by atoms with Gasteiger partial charge in [0.05, 0.1) is 5.02 Å². The van der Waals surface area contributed by atoms with Crippen molar-refractivity contribution in [2.45, 2.75) is 0 Å². The lowest BCUT2D eigenvalue weighted by Gasteiger charge is -2.05. The Morgan fingerprint density at radius 3 is 2.76 bits per heavy atom. The number of hydrogen-bond acceptors (Lipinski definition) is 4. The van der Waals surface area contributed by atoms with Gasteiger partial charge in [-0.15, -0.1) is 0 Å². The third-order valence-electron chi connectivity index (χ3n) is 1.88. The molecule has 6 heteroatoms. The fourth-order valence-corrected chi connectivity index (χ4v) is 1.30. The van der Waals surface area contributed by atoms with E-state index >= 15 is 0 Å². The lowest BCUT2D eigenvalue weighted by molar-refractivity contribution is 0.456. The largest absolute Gasteiger partial charge is 0.436 e. The van der Waals surface area contributed by atoms with Crippen molar-refractivity contribution in [3.05, 3.63) is 47.1 Å². The third kappa shape index (κ3) is 2.49. The molecule has 2 rings (SSSR count). The fraction of sp³-hybridized carbons (Fsp3) is 0. The molecule has 0 atom stereocenters. The van der Waals surface area contributed by atoms with Crippen LogP contribution < -0.4 is 4.74 Å². The average Bonchev–Trinajstić information content (AvgIpc) is 2.34. The summed E-state index contributed by atoms with van der Waals surface area (Å²) < 4.78 is 18.2. The minimum absolute atomic E-state index is 0.0490. The molecule has 0 spiro atoms. The number of benzene rings is 1. The maximum absolute atomic E-state index is 12.9. The van der Waals surface area contributed by atoms with E-state index in [0.29, 0.717) is 0 Å². The SMILES string of the molecule is N#Cc1nccnc1Oc1ccc(F)c(Cl)c1. The molecule has 0 aliphatic heterocycles. The van der Waals surface area contributed by atoms with Gasteiger partial charge in [0.15, 0.2) is 0 Å². The van der Waals surface area contributed by atoms with Gasteiger partial charge in [0.1, 0.15) is 17.6 Å². The molecule has 17 heavy (non-hydrogen) atoms. The average molecular weight is 250 g/mol. The van der Waals surface area contributed by atoms with Crippen LogP contribution in [0.25, 0.3) is 0 Å². The summed E-state index contributed by atoms with van der Waals surface area (Å²) in [6, 6.07) is 5.69. The first kappa shape index (κ1) is 11.3. The summed E-state index contributed by atoms with van der Waals surface area (Å²) >= 11 is 5.60.